The van der Waals surface area contributed by atoms with Crippen LogP contribution in [0.5, 0.6) is 0 Å². The van der Waals surface area contributed by atoms with Crippen LogP contribution in [-0.2, 0) is 13.6 Å². The van der Waals surface area contributed by atoms with Crippen LogP contribution in [0.2, 0.25) is 5.02 Å². The summed E-state index contributed by atoms with van der Waals surface area (Å²) in [5.41, 5.74) is 6.97. The summed E-state index contributed by atoms with van der Waals surface area (Å²) in [4.78, 5) is 15.0. The van der Waals surface area contributed by atoms with Crippen molar-refractivity contribution in [1.82, 2.24) is 9.47 Å². The molecule has 0 fully saturated rings. The molecule has 21 heavy (non-hydrogen) atoms. The number of aryl methyl sites for hydroxylation is 1. The van der Waals surface area contributed by atoms with Gasteiger partial charge in [-0.1, -0.05) is 23.4 Å². The first kappa shape index (κ1) is 15.6. The van der Waals surface area contributed by atoms with Crippen molar-refractivity contribution in [1.29, 1.82) is 0 Å². The third kappa shape index (κ3) is 3.88. The summed E-state index contributed by atoms with van der Waals surface area (Å²) in [5, 5.41) is 2.56. The molecule has 0 aliphatic carbocycles. The second-order valence-electron chi connectivity index (χ2n) is 4.64. The molecule has 0 bridgehead atoms. The summed E-state index contributed by atoms with van der Waals surface area (Å²) in [6.07, 6.45) is 1.72. The van der Waals surface area contributed by atoms with Gasteiger partial charge in [-0.15, -0.1) is 11.3 Å². The second-order valence-corrected chi connectivity index (χ2v) is 5.99. The van der Waals surface area contributed by atoms with E-state index in [1.165, 1.54) is 0 Å². The molecule has 2 aromatic heterocycles. The zero-order valence-electron chi connectivity index (χ0n) is 11.9. The van der Waals surface area contributed by atoms with Crippen LogP contribution < -0.4 is 5.73 Å². The van der Waals surface area contributed by atoms with Gasteiger partial charge in [0.05, 0.1) is 16.4 Å². The molecule has 0 atom stereocenters. The van der Waals surface area contributed by atoms with Gasteiger partial charge in [0.2, 0.25) is 0 Å². The number of carbonyl (C=O) groups excluding carboxylic acids is 1. The van der Waals surface area contributed by atoms with Gasteiger partial charge < -0.3 is 15.2 Å². The SMILES string of the molecule is CN(Cc1csc(C#CCN)c1)C(=O)c1cc(Cl)cn1C. The van der Waals surface area contributed by atoms with E-state index < -0.39 is 0 Å². The Kier molecular flexibility index (Phi) is 5.07. The van der Waals surface area contributed by atoms with Crippen molar-refractivity contribution in [2.45, 2.75) is 6.54 Å². The molecule has 2 N–H and O–H groups in total. The quantitative estimate of drug-likeness (QED) is 0.882. The maximum Gasteiger partial charge on any atom is 0.270 e. The third-order valence-electron chi connectivity index (χ3n) is 2.92. The zero-order chi connectivity index (χ0) is 15.4. The fourth-order valence-electron chi connectivity index (χ4n) is 1.94. The van der Waals surface area contributed by atoms with Crippen molar-refractivity contribution in [2.75, 3.05) is 13.6 Å². The van der Waals surface area contributed by atoms with Crippen molar-refractivity contribution < 1.29 is 4.79 Å². The van der Waals surface area contributed by atoms with E-state index in [0.717, 1.165) is 10.4 Å². The molecule has 0 saturated carbocycles. The summed E-state index contributed by atoms with van der Waals surface area (Å²) in [5.74, 6) is 5.74. The van der Waals surface area contributed by atoms with E-state index in [9.17, 15) is 4.79 Å². The fourth-order valence-corrected chi connectivity index (χ4v) is 2.96. The first-order valence-corrected chi connectivity index (χ1v) is 7.60. The summed E-state index contributed by atoms with van der Waals surface area (Å²) >= 11 is 7.46. The Labute approximate surface area is 133 Å². The predicted molar refractivity (Wildman–Crippen MR) is 86.5 cm³/mol. The number of rotatable bonds is 3. The van der Waals surface area contributed by atoms with Crippen LogP contribution in [0.1, 0.15) is 20.9 Å². The lowest BCUT2D eigenvalue weighted by Crippen LogP contribution is -2.27. The van der Waals surface area contributed by atoms with E-state index in [2.05, 4.69) is 11.8 Å². The zero-order valence-corrected chi connectivity index (χ0v) is 13.5. The molecular formula is C15H16ClN3OS. The van der Waals surface area contributed by atoms with Gasteiger partial charge in [0, 0.05) is 26.8 Å². The van der Waals surface area contributed by atoms with Crippen LogP contribution in [-0.4, -0.2) is 29.0 Å². The highest BCUT2D eigenvalue weighted by molar-refractivity contribution is 7.10. The van der Waals surface area contributed by atoms with Crippen molar-refractivity contribution in [3.05, 3.63) is 44.9 Å². The van der Waals surface area contributed by atoms with Crippen molar-refractivity contribution in [2.24, 2.45) is 12.8 Å². The number of halogens is 1. The lowest BCUT2D eigenvalue weighted by atomic mass is 10.2. The van der Waals surface area contributed by atoms with Gasteiger partial charge >= 0.3 is 0 Å². The van der Waals surface area contributed by atoms with E-state index >= 15 is 0 Å². The van der Waals surface area contributed by atoms with Gasteiger partial charge in [-0.25, -0.2) is 0 Å². The van der Waals surface area contributed by atoms with Crippen LogP contribution in [0.15, 0.2) is 23.7 Å². The first-order chi connectivity index (χ1) is 10.0. The van der Waals surface area contributed by atoms with Crippen LogP contribution >= 0.6 is 22.9 Å². The van der Waals surface area contributed by atoms with Crippen LogP contribution in [0.3, 0.4) is 0 Å². The molecule has 0 aliphatic rings. The summed E-state index contributed by atoms with van der Waals surface area (Å²) < 4.78 is 1.73. The van der Waals surface area contributed by atoms with E-state index in [1.807, 2.05) is 11.4 Å². The Morgan fingerprint density at radius 2 is 2.29 bits per heavy atom. The van der Waals surface area contributed by atoms with Crippen LogP contribution in [0.25, 0.3) is 0 Å². The number of hydrogen-bond acceptors (Lipinski definition) is 3. The van der Waals surface area contributed by atoms with E-state index in [-0.39, 0.29) is 5.91 Å². The predicted octanol–water partition coefficient (Wildman–Crippen LogP) is 2.32. The Balaban J connectivity index is 2.07. The third-order valence-corrected chi connectivity index (χ3v) is 4.03. The molecule has 0 aliphatic heterocycles. The van der Waals surface area contributed by atoms with Crippen molar-refractivity contribution >= 4 is 28.8 Å². The monoisotopic (exact) mass is 321 g/mol. The van der Waals surface area contributed by atoms with E-state index in [4.69, 9.17) is 17.3 Å². The van der Waals surface area contributed by atoms with Gasteiger partial charge in [-0.2, -0.15) is 0 Å². The van der Waals surface area contributed by atoms with E-state index in [1.54, 1.807) is 47.2 Å². The number of nitrogens with zero attached hydrogens (tertiary/aromatic N) is 2. The molecule has 0 radical (unpaired) electrons. The Bertz CT molecular complexity index is 708. The molecule has 2 heterocycles. The number of hydrogen-bond donors (Lipinski definition) is 1. The number of aromatic nitrogens is 1. The highest BCUT2D eigenvalue weighted by atomic mass is 35.5. The van der Waals surface area contributed by atoms with Crippen LogP contribution in [0.4, 0.5) is 0 Å². The molecule has 0 aromatic carbocycles. The lowest BCUT2D eigenvalue weighted by Gasteiger charge is -2.16. The molecule has 0 saturated heterocycles. The molecular weight excluding hydrogens is 306 g/mol. The number of carbonyl (C=O) groups is 1. The van der Waals surface area contributed by atoms with Gasteiger partial charge in [-0.05, 0) is 23.1 Å². The van der Waals surface area contributed by atoms with Crippen LogP contribution in [0, 0.1) is 11.8 Å². The van der Waals surface area contributed by atoms with Gasteiger partial charge in [0.15, 0.2) is 0 Å². The smallest absolute Gasteiger partial charge is 0.270 e. The highest BCUT2D eigenvalue weighted by Gasteiger charge is 2.16. The average Bonchev–Trinajstić information content (AvgIpc) is 3.02. The molecule has 2 rings (SSSR count). The van der Waals surface area contributed by atoms with Gasteiger partial charge in [-0.3, -0.25) is 4.79 Å². The van der Waals surface area contributed by atoms with Gasteiger partial charge in [0.25, 0.3) is 5.91 Å². The lowest BCUT2D eigenvalue weighted by molar-refractivity contribution is 0.0776. The van der Waals surface area contributed by atoms with Crippen molar-refractivity contribution in [3.8, 4) is 11.8 Å². The molecule has 2 aromatic rings. The molecule has 0 spiro atoms. The highest BCUT2D eigenvalue weighted by Crippen LogP contribution is 2.18. The standard InChI is InChI=1S/C15H16ClN3OS/c1-18-9-12(16)7-14(18)15(20)19(2)8-11-6-13(21-10-11)4-3-5-17/h6-7,9-10H,5,8,17H2,1-2H3. The molecule has 0 unspecified atom stereocenters. The molecule has 110 valence electrons. The average molecular weight is 322 g/mol. The number of thiophene rings is 1. The summed E-state index contributed by atoms with van der Waals surface area (Å²) in [6.45, 7) is 0.877. The topological polar surface area (TPSA) is 51.3 Å². The minimum absolute atomic E-state index is 0.0646. The molecule has 1 amide bonds. The fraction of sp³-hybridized carbons (Fsp3) is 0.267. The number of amides is 1. The van der Waals surface area contributed by atoms with E-state index in [0.29, 0.717) is 23.8 Å². The minimum Gasteiger partial charge on any atom is -0.345 e. The number of nitrogens with two attached hydrogens (primary N) is 1. The molecule has 6 heteroatoms. The Morgan fingerprint density at radius 1 is 1.52 bits per heavy atom. The maximum atomic E-state index is 12.4. The Hall–Kier alpha value is -1.74. The largest absolute Gasteiger partial charge is 0.345 e. The summed E-state index contributed by atoms with van der Waals surface area (Å²) in [7, 11) is 3.57. The Morgan fingerprint density at radius 3 is 2.90 bits per heavy atom. The summed E-state index contributed by atoms with van der Waals surface area (Å²) in [6, 6.07) is 3.65. The normalized spacial score (nSPS) is 10.1. The maximum absolute atomic E-state index is 12.4. The molecule has 4 nitrogen and oxygen atoms in total. The first-order valence-electron chi connectivity index (χ1n) is 6.35. The van der Waals surface area contributed by atoms with Crippen molar-refractivity contribution in [3.63, 3.8) is 0 Å². The van der Waals surface area contributed by atoms with Gasteiger partial charge in [0.1, 0.15) is 5.69 Å². The second kappa shape index (κ2) is 6.81. The minimum atomic E-state index is -0.0646.